The van der Waals surface area contributed by atoms with Crippen molar-refractivity contribution in [2.45, 2.75) is 42.4 Å². The average Bonchev–Trinajstić information content (AvgIpc) is 2.99. The summed E-state index contributed by atoms with van der Waals surface area (Å²) in [7, 11) is -3.76. The Morgan fingerprint density at radius 1 is 1.55 bits per heavy atom. The van der Waals surface area contributed by atoms with Crippen LogP contribution < -0.4 is 4.72 Å². The van der Waals surface area contributed by atoms with Crippen LogP contribution in [-0.2, 0) is 10.0 Å². The van der Waals surface area contributed by atoms with Crippen molar-refractivity contribution >= 4 is 39.1 Å². The highest BCUT2D eigenvalue weighted by Crippen LogP contribution is 2.31. The third kappa shape index (κ3) is 3.36. The van der Waals surface area contributed by atoms with Crippen LogP contribution in [0, 0.1) is 0 Å². The van der Waals surface area contributed by atoms with Gasteiger partial charge in [0.1, 0.15) is 9.77 Å². The number of nitrogens with one attached hydrogen (secondary N) is 1. The predicted octanol–water partition coefficient (Wildman–Crippen LogP) is 2.40. The van der Waals surface area contributed by atoms with Crippen LogP contribution in [0.5, 0.6) is 0 Å². The van der Waals surface area contributed by atoms with E-state index in [4.69, 9.17) is 5.11 Å². The van der Waals surface area contributed by atoms with Gasteiger partial charge in [-0.2, -0.15) is 11.8 Å². The standard InChI is InChI=1S/C12H17NO4S3/c1-2-18-9-5-3-4-8(9)13-20(16,17)10-6-7-19-11(10)12(14)15/h6-9,13H,2-5H2,1H3,(H,14,15). The summed E-state index contributed by atoms with van der Waals surface area (Å²) >= 11 is 2.68. The highest BCUT2D eigenvalue weighted by molar-refractivity contribution is 8.00. The monoisotopic (exact) mass is 335 g/mol. The van der Waals surface area contributed by atoms with E-state index in [9.17, 15) is 13.2 Å². The second kappa shape index (κ2) is 6.46. The third-order valence-corrected chi connectivity index (χ3v) is 7.14. The van der Waals surface area contributed by atoms with Gasteiger partial charge in [0.15, 0.2) is 0 Å². The quantitative estimate of drug-likeness (QED) is 0.834. The molecule has 1 fully saturated rings. The van der Waals surface area contributed by atoms with Gasteiger partial charge in [0.25, 0.3) is 0 Å². The Hall–Kier alpha value is -0.570. The van der Waals surface area contributed by atoms with Crippen molar-refractivity contribution in [2.75, 3.05) is 5.75 Å². The van der Waals surface area contributed by atoms with Crippen molar-refractivity contribution in [3.05, 3.63) is 16.3 Å². The molecule has 0 bridgehead atoms. The fraction of sp³-hybridized carbons (Fsp3) is 0.583. The summed E-state index contributed by atoms with van der Waals surface area (Å²) in [6.07, 6.45) is 2.81. The first-order valence-electron chi connectivity index (χ1n) is 6.40. The van der Waals surface area contributed by atoms with Gasteiger partial charge in [0, 0.05) is 11.3 Å². The van der Waals surface area contributed by atoms with Crippen LogP contribution >= 0.6 is 23.1 Å². The van der Waals surface area contributed by atoms with Crippen LogP contribution in [0.25, 0.3) is 0 Å². The van der Waals surface area contributed by atoms with E-state index in [1.165, 1.54) is 11.4 Å². The summed E-state index contributed by atoms with van der Waals surface area (Å²) in [6, 6.07) is 1.25. The molecule has 2 atom stereocenters. The molecule has 1 aromatic rings. The first-order chi connectivity index (χ1) is 9.45. The molecule has 1 aliphatic carbocycles. The number of rotatable bonds is 6. The number of carboxylic acids is 1. The Bertz CT molecular complexity index is 581. The van der Waals surface area contributed by atoms with Gasteiger partial charge < -0.3 is 5.11 Å². The van der Waals surface area contributed by atoms with Gasteiger partial charge in [-0.25, -0.2) is 17.9 Å². The third-order valence-electron chi connectivity index (χ3n) is 3.25. The molecule has 2 N–H and O–H groups in total. The van der Waals surface area contributed by atoms with Crippen LogP contribution in [0.1, 0.15) is 35.9 Å². The lowest BCUT2D eigenvalue weighted by atomic mass is 10.3. The Kier molecular flexibility index (Phi) is 5.11. The van der Waals surface area contributed by atoms with Crippen molar-refractivity contribution in [2.24, 2.45) is 0 Å². The second-order valence-electron chi connectivity index (χ2n) is 4.57. The maximum Gasteiger partial charge on any atom is 0.347 e. The van der Waals surface area contributed by atoms with Crippen molar-refractivity contribution in [3.8, 4) is 0 Å². The largest absolute Gasteiger partial charge is 0.477 e. The highest BCUT2D eigenvalue weighted by Gasteiger charge is 2.33. The normalized spacial score (nSPS) is 23.1. The van der Waals surface area contributed by atoms with E-state index in [0.29, 0.717) is 0 Å². The molecule has 1 aromatic heterocycles. The number of aromatic carboxylic acids is 1. The van der Waals surface area contributed by atoms with E-state index >= 15 is 0 Å². The average molecular weight is 335 g/mol. The van der Waals surface area contributed by atoms with Gasteiger partial charge in [-0.15, -0.1) is 11.3 Å². The zero-order valence-corrected chi connectivity index (χ0v) is 13.5. The molecular formula is C12H17NO4S3. The molecule has 0 amide bonds. The molecule has 1 aliphatic rings. The SMILES string of the molecule is CCSC1CCCC1NS(=O)(=O)c1ccsc1C(=O)O. The van der Waals surface area contributed by atoms with Gasteiger partial charge in [-0.1, -0.05) is 13.3 Å². The topological polar surface area (TPSA) is 83.5 Å². The molecule has 8 heteroatoms. The minimum atomic E-state index is -3.76. The summed E-state index contributed by atoms with van der Waals surface area (Å²) in [5.74, 6) is -0.256. The smallest absolute Gasteiger partial charge is 0.347 e. The molecule has 2 unspecified atom stereocenters. The Morgan fingerprint density at radius 2 is 2.30 bits per heavy atom. The molecule has 0 spiro atoms. The maximum atomic E-state index is 12.3. The lowest BCUT2D eigenvalue weighted by Gasteiger charge is -2.19. The lowest BCUT2D eigenvalue weighted by molar-refractivity contribution is 0.0698. The van der Waals surface area contributed by atoms with E-state index in [1.54, 1.807) is 11.8 Å². The van der Waals surface area contributed by atoms with Gasteiger partial charge in [0.2, 0.25) is 10.0 Å². The molecule has 2 rings (SSSR count). The maximum absolute atomic E-state index is 12.3. The summed E-state index contributed by atoms with van der Waals surface area (Å²) < 4.78 is 27.4. The molecule has 0 aliphatic heterocycles. The molecule has 20 heavy (non-hydrogen) atoms. The fourth-order valence-electron chi connectivity index (χ4n) is 2.40. The van der Waals surface area contributed by atoms with E-state index < -0.39 is 16.0 Å². The Morgan fingerprint density at radius 3 is 2.95 bits per heavy atom. The number of thiophene rings is 1. The second-order valence-corrected chi connectivity index (χ2v) is 8.69. The van der Waals surface area contributed by atoms with Crippen LogP contribution in [0.2, 0.25) is 0 Å². The van der Waals surface area contributed by atoms with Crippen molar-refractivity contribution in [1.29, 1.82) is 0 Å². The van der Waals surface area contributed by atoms with Crippen molar-refractivity contribution < 1.29 is 18.3 Å². The first-order valence-corrected chi connectivity index (χ1v) is 9.81. The Labute approximate surface area is 126 Å². The van der Waals surface area contributed by atoms with Crippen LogP contribution in [0.15, 0.2) is 16.3 Å². The lowest BCUT2D eigenvalue weighted by Crippen LogP contribution is -2.39. The number of thioether (sulfide) groups is 1. The van der Waals surface area contributed by atoms with Crippen LogP contribution in [0.3, 0.4) is 0 Å². The highest BCUT2D eigenvalue weighted by atomic mass is 32.2. The minimum Gasteiger partial charge on any atom is -0.477 e. The minimum absolute atomic E-state index is 0.105. The van der Waals surface area contributed by atoms with Gasteiger partial charge in [-0.3, -0.25) is 0 Å². The first kappa shape index (κ1) is 15.8. The molecule has 1 saturated carbocycles. The summed E-state index contributed by atoms with van der Waals surface area (Å²) in [4.78, 5) is 10.8. The van der Waals surface area contributed by atoms with Crippen LogP contribution in [0.4, 0.5) is 0 Å². The van der Waals surface area contributed by atoms with Gasteiger partial charge >= 0.3 is 5.97 Å². The zero-order chi connectivity index (χ0) is 14.8. The molecular weight excluding hydrogens is 318 g/mol. The van der Waals surface area contributed by atoms with Crippen molar-refractivity contribution in [3.63, 3.8) is 0 Å². The summed E-state index contributed by atoms with van der Waals surface area (Å²) in [6.45, 7) is 2.05. The number of hydrogen-bond donors (Lipinski definition) is 2. The predicted molar refractivity (Wildman–Crippen MR) is 81.2 cm³/mol. The van der Waals surface area contributed by atoms with E-state index in [2.05, 4.69) is 11.6 Å². The Balaban J connectivity index is 2.19. The van der Waals surface area contributed by atoms with E-state index in [-0.39, 0.29) is 21.1 Å². The number of carbonyl (C=O) groups is 1. The molecule has 1 heterocycles. The molecule has 0 aromatic carbocycles. The van der Waals surface area contributed by atoms with Crippen molar-refractivity contribution in [1.82, 2.24) is 4.72 Å². The van der Waals surface area contributed by atoms with E-state index in [1.807, 2.05) is 0 Å². The van der Waals surface area contributed by atoms with Crippen LogP contribution in [-0.4, -0.2) is 36.5 Å². The fourth-order valence-corrected chi connectivity index (χ4v) is 6.26. The van der Waals surface area contributed by atoms with Gasteiger partial charge in [-0.05, 0) is 30.0 Å². The summed E-state index contributed by atoms with van der Waals surface area (Å²) in [5, 5.41) is 10.8. The molecule has 0 saturated heterocycles. The molecule has 0 radical (unpaired) electrons. The summed E-state index contributed by atoms with van der Waals surface area (Å²) in [5.41, 5.74) is 0. The van der Waals surface area contributed by atoms with E-state index in [0.717, 1.165) is 36.4 Å². The number of hydrogen-bond acceptors (Lipinski definition) is 5. The van der Waals surface area contributed by atoms with Gasteiger partial charge in [0.05, 0.1) is 0 Å². The molecule has 112 valence electrons. The number of sulfonamides is 1. The number of carboxylic acid groups (broad SMARTS) is 1. The molecule has 5 nitrogen and oxygen atoms in total. The zero-order valence-electron chi connectivity index (χ0n) is 11.0.